The standard InChI is InChI=1S/C17H14F2N6O2/c1-24-15-13(22-23-24)7-9(8-20-15)16(26)21-12-5-6-25(17(12)27)14-10(18)3-2-4-11(14)19/h2-4,7-8,12H,5-6H2,1H3,(H,21,26). The van der Waals surface area contributed by atoms with Crippen LogP contribution in [0.4, 0.5) is 14.5 Å². The van der Waals surface area contributed by atoms with Crippen LogP contribution in [0.25, 0.3) is 11.2 Å². The van der Waals surface area contributed by atoms with Crippen LogP contribution in [0.2, 0.25) is 0 Å². The summed E-state index contributed by atoms with van der Waals surface area (Å²) in [7, 11) is 1.68. The molecule has 1 saturated heterocycles. The number of para-hydroxylation sites is 1. The first-order chi connectivity index (χ1) is 13.0. The maximum absolute atomic E-state index is 13.9. The van der Waals surface area contributed by atoms with E-state index in [2.05, 4.69) is 20.6 Å². The van der Waals surface area contributed by atoms with E-state index in [1.165, 1.54) is 23.0 Å². The number of carbonyl (C=O) groups excluding carboxylic acids is 2. The van der Waals surface area contributed by atoms with E-state index in [-0.39, 0.29) is 18.5 Å². The number of aromatic nitrogens is 4. The Balaban J connectivity index is 1.52. The number of fused-ring (bicyclic) bond motifs is 1. The van der Waals surface area contributed by atoms with Crippen molar-refractivity contribution >= 4 is 28.7 Å². The van der Waals surface area contributed by atoms with Gasteiger partial charge in [-0.15, -0.1) is 5.10 Å². The molecule has 27 heavy (non-hydrogen) atoms. The molecule has 0 radical (unpaired) electrons. The number of carbonyl (C=O) groups is 2. The van der Waals surface area contributed by atoms with Crippen LogP contribution >= 0.6 is 0 Å². The van der Waals surface area contributed by atoms with Crippen molar-refractivity contribution in [2.45, 2.75) is 12.5 Å². The number of hydrogen-bond donors (Lipinski definition) is 1. The predicted molar refractivity (Wildman–Crippen MR) is 90.9 cm³/mol. The van der Waals surface area contributed by atoms with Crippen LogP contribution in [-0.2, 0) is 11.8 Å². The number of rotatable bonds is 3. The summed E-state index contributed by atoms with van der Waals surface area (Å²) in [5.41, 5.74) is 0.774. The van der Waals surface area contributed by atoms with Gasteiger partial charge in [0.25, 0.3) is 5.91 Å². The second-order valence-corrected chi connectivity index (χ2v) is 6.15. The molecule has 8 nitrogen and oxygen atoms in total. The molecule has 2 amide bonds. The molecule has 0 aliphatic carbocycles. The van der Waals surface area contributed by atoms with E-state index >= 15 is 0 Å². The van der Waals surface area contributed by atoms with Crippen LogP contribution in [0.3, 0.4) is 0 Å². The van der Waals surface area contributed by atoms with Gasteiger partial charge in [-0.1, -0.05) is 11.3 Å². The fourth-order valence-electron chi connectivity index (χ4n) is 3.07. The molecule has 1 unspecified atom stereocenters. The largest absolute Gasteiger partial charge is 0.340 e. The van der Waals surface area contributed by atoms with Gasteiger partial charge in [-0.3, -0.25) is 9.59 Å². The van der Waals surface area contributed by atoms with Gasteiger partial charge in [-0.05, 0) is 24.6 Å². The molecule has 4 rings (SSSR count). The number of nitrogens with one attached hydrogen (secondary N) is 1. The first kappa shape index (κ1) is 17.0. The highest BCUT2D eigenvalue weighted by atomic mass is 19.1. The van der Waals surface area contributed by atoms with Gasteiger partial charge in [0.15, 0.2) is 5.65 Å². The number of nitrogens with zero attached hydrogens (tertiary/aromatic N) is 5. The summed E-state index contributed by atoms with van der Waals surface area (Å²) in [5, 5.41) is 10.3. The molecular formula is C17H14F2N6O2. The van der Waals surface area contributed by atoms with E-state index in [1.807, 2.05) is 0 Å². The van der Waals surface area contributed by atoms with Crippen LogP contribution in [0.15, 0.2) is 30.5 Å². The van der Waals surface area contributed by atoms with Gasteiger partial charge in [0, 0.05) is 19.8 Å². The highest BCUT2D eigenvalue weighted by molar-refractivity contribution is 6.04. The summed E-state index contributed by atoms with van der Waals surface area (Å²) in [6.07, 6.45) is 1.59. The summed E-state index contributed by atoms with van der Waals surface area (Å²) in [5.74, 6) is -2.74. The fourth-order valence-corrected chi connectivity index (χ4v) is 3.07. The van der Waals surface area contributed by atoms with Crippen molar-refractivity contribution in [3.05, 3.63) is 47.7 Å². The maximum atomic E-state index is 13.9. The normalized spacial score (nSPS) is 16.9. The van der Waals surface area contributed by atoms with Crippen molar-refractivity contribution in [2.24, 2.45) is 7.05 Å². The lowest BCUT2D eigenvalue weighted by atomic mass is 10.2. The maximum Gasteiger partial charge on any atom is 0.253 e. The van der Waals surface area contributed by atoms with Crippen molar-refractivity contribution in [1.82, 2.24) is 25.3 Å². The summed E-state index contributed by atoms with van der Waals surface area (Å²) in [4.78, 5) is 30.1. The van der Waals surface area contributed by atoms with Crippen molar-refractivity contribution < 1.29 is 18.4 Å². The lowest BCUT2D eigenvalue weighted by Gasteiger charge is -2.18. The van der Waals surface area contributed by atoms with Crippen LogP contribution in [-0.4, -0.2) is 44.4 Å². The van der Waals surface area contributed by atoms with Crippen LogP contribution in [0.5, 0.6) is 0 Å². The Hall–Kier alpha value is -3.43. The lowest BCUT2D eigenvalue weighted by Crippen LogP contribution is -2.42. The molecule has 0 saturated carbocycles. The number of hydrogen-bond acceptors (Lipinski definition) is 5. The number of amides is 2. The Labute approximate surface area is 151 Å². The van der Waals surface area contributed by atoms with Crippen molar-refractivity contribution in [1.29, 1.82) is 0 Å². The van der Waals surface area contributed by atoms with Gasteiger partial charge >= 0.3 is 0 Å². The Kier molecular flexibility index (Phi) is 4.02. The number of anilines is 1. The fraction of sp³-hybridized carbons (Fsp3) is 0.235. The zero-order valence-corrected chi connectivity index (χ0v) is 14.2. The molecule has 1 aliphatic rings. The molecule has 1 atom stereocenters. The Bertz CT molecular complexity index is 1050. The first-order valence-corrected chi connectivity index (χ1v) is 8.17. The molecule has 138 valence electrons. The van der Waals surface area contributed by atoms with Gasteiger partial charge in [-0.2, -0.15) is 0 Å². The third-order valence-electron chi connectivity index (χ3n) is 4.42. The van der Waals surface area contributed by atoms with Crippen molar-refractivity contribution in [2.75, 3.05) is 11.4 Å². The topological polar surface area (TPSA) is 93.0 Å². The second kappa shape index (κ2) is 6.38. The van der Waals surface area contributed by atoms with E-state index in [1.54, 1.807) is 7.05 Å². The minimum atomic E-state index is -0.880. The minimum absolute atomic E-state index is 0.100. The minimum Gasteiger partial charge on any atom is -0.340 e. The molecule has 1 fully saturated rings. The van der Waals surface area contributed by atoms with Crippen molar-refractivity contribution in [3.63, 3.8) is 0 Å². The molecule has 10 heteroatoms. The quantitative estimate of drug-likeness (QED) is 0.745. The Morgan fingerprint density at radius 2 is 2.04 bits per heavy atom. The molecule has 0 bridgehead atoms. The van der Waals surface area contributed by atoms with E-state index in [0.717, 1.165) is 17.0 Å². The van der Waals surface area contributed by atoms with E-state index in [0.29, 0.717) is 11.2 Å². The lowest BCUT2D eigenvalue weighted by molar-refractivity contribution is -0.118. The first-order valence-electron chi connectivity index (χ1n) is 8.17. The van der Waals surface area contributed by atoms with Gasteiger partial charge < -0.3 is 10.2 Å². The number of halogens is 2. The average molecular weight is 372 g/mol. The highest BCUT2D eigenvalue weighted by Crippen LogP contribution is 2.27. The average Bonchev–Trinajstić information content (AvgIpc) is 3.19. The van der Waals surface area contributed by atoms with E-state index in [9.17, 15) is 18.4 Å². The Morgan fingerprint density at radius 3 is 2.78 bits per heavy atom. The monoisotopic (exact) mass is 372 g/mol. The third-order valence-corrected chi connectivity index (χ3v) is 4.42. The highest BCUT2D eigenvalue weighted by Gasteiger charge is 2.36. The molecule has 1 N–H and O–H groups in total. The van der Waals surface area contributed by atoms with E-state index in [4.69, 9.17) is 0 Å². The summed E-state index contributed by atoms with van der Waals surface area (Å²) < 4.78 is 29.3. The molecule has 3 aromatic rings. The molecule has 2 aromatic heterocycles. The number of pyridine rings is 1. The molecule has 1 aliphatic heterocycles. The third kappa shape index (κ3) is 2.88. The van der Waals surface area contributed by atoms with Gasteiger partial charge in [-0.25, -0.2) is 18.4 Å². The zero-order valence-electron chi connectivity index (χ0n) is 14.2. The van der Waals surface area contributed by atoms with E-state index < -0.39 is 35.2 Å². The molecular weight excluding hydrogens is 358 g/mol. The summed E-state index contributed by atoms with van der Waals surface area (Å²) >= 11 is 0. The van der Waals surface area contributed by atoms with Gasteiger partial charge in [0.2, 0.25) is 5.91 Å². The number of benzene rings is 1. The van der Waals surface area contributed by atoms with Crippen LogP contribution in [0, 0.1) is 11.6 Å². The van der Waals surface area contributed by atoms with Crippen molar-refractivity contribution in [3.8, 4) is 0 Å². The summed E-state index contributed by atoms with van der Waals surface area (Å²) in [6.45, 7) is 0.100. The van der Waals surface area contributed by atoms with Gasteiger partial charge in [0.1, 0.15) is 28.9 Å². The Morgan fingerprint density at radius 1 is 1.30 bits per heavy atom. The second-order valence-electron chi connectivity index (χ2n) is 6.15. The molecule has 1 aromatic carbocycles. The smallest absolute Gasteiger partial charge is 0.253 e. The van der Waals surface area contributed by atoms with Crippen LogP contribution < -0.4 is 10.2 Å². The van der Waals surface area contributed by atoms with Gasteiger partial charge in [0.05, 0.1) is 5.56 Å². The molecule has 3 heterocycles. The predicted octanol–water partition coefficient (Wildman–Crippen LogP) is 1.18. The SMILES string of the molecule is Cn1nnc2cc(C(=O)NC3CCN(c4c(F)cccc4F)C3=O)cnc21. The zero-order chi connectivity index (χ0) is 19.1. The number of aryl methyl sites for hydroxylation is 1. The van der Waals surface area contributed by atoms with Crippen LogP contribution in [0.1, 0.15) is 16.8 Å². The summed E-state index contributed by atoms with van der Waals surface area (Å²) in [6, 6.07) is 4.02. The molecule has 0 spiro atoms.